The number of hydrogen-bond donors (Lipinski definition) is 0. The average Bonchev–Trinajstić information content (AvgIpc) is 2.73. The van der Waals surface area contributed by atoms with Crippen molar-refractivity contribution in [3.63, 3.8) is 0 Å². The Morgan fingerprint density at radius 1 is 0.552 bits per heavy atom. The molecule has 0 radical (unpaired) electrons. The van der Waals surface area contributed by atoms with Gasteiger partial charge < -0.3 is 9.85 Å². The van der Waals surface area contributed by atoms with Crippen molar-refractivity contribution in [1.82, 2.24) is 0 Å². The van der Waals surface area contributed by atoms with Gasteiger partial charge in [-0.2, -0.15) is 0 Å². The highest BCUT2D eigenvalue weighted by molar-refractivity contribution is 5.13. The molecule has 0 heterocycles. The Balaban J connectivity index is 2.30. The first kappa shape index (κ1) is 26.2. The minimum absolute atomic E-state index is 0.0182. The third-order valence-corrected chi connectivity index (χ3v) is 6.15. The van der Waals surface area contributed by atoms with Crippen molar-refractivity contribution in [3.05, 3.63) is 41.1 Å². The van der Waals surface area contributed by atoms with E-state index < -0.39 is 0 Å². The van der Waals surface area contributed by atoms with E-state index in [4.69, 9.17) is 0 Å². The molecule has 0 aliphatic carbocycles. The molecule has 0 spiro atoms. The van der Waals surface area contributed by atoms with Gasteiger partial charge in [-0.15, -0.1) is 0 Å². The van der Waals surface area contributed by atoms with Crippen LogP contribution < -0.4 is 0 Å². The van der Waals surface area contributed by atoms with E-state index in [2.05, 4.69) is 38.1 Å². The lowest BCUT2D eigenvalue weighted by Gasteiger charge is -2.43. The summed E-state index contributed by atoms with van der Waals surface area (Å²) in [4.78, 5) is 0. The molecular weight excluding hydrogens is 354 g/mol. The van der Waals surface area contributed by atoms with Crippen LogP contribution in [0.3, 0.4) is 0 Å². The van der Waals surface area contributed by atoms with E-state index in [1.807, 2.05) is 6.07 Å². The Morgan fingerprint density at radius 3 is 1.34 bits per heavy atom. The first-order chi connectivity index (χ1) is 14.2. The van der Waals surface area contributed by atoms with Gasteiger partial charge >= 0.3 is 0 Å². The zero-order valence-corrected chi connectivity index (χ0v) is 19.7. The summed E-state index contributed by atoms with van der Waals surface area (Å²) < 4.78 is -0.0182. The zero-order chi connectivity index (χ0) is 21.0. The molecule has 0 aliphatic rings. The van der Waals surface area contributed by atoms with Crippen LogP contribution in [0.5, 0.6) is 0 Å². The number of benzene rings is 1. The summed E-state index contributed by atoms with van der Waals surface area (Å²) in [7, 11) is 0. The Bertz CT molecular complexity index is 439. The molecule has 0 amide bonds. The van der Waals surface area contributed by atoms with Crippen LogP contribution in [0.2, 0.25) is 0 Å². The van der Waals surface area contributed by atoms with Crippen molar-refractivity contribution in [2.75, 3.05) is 13.1 Å². The second-order valence-electron chi connectivity index (χ2n) is 9.10. The van der Waals surface area contributed by atoms with Crippen molar-refractivity contribution >= 4 is 0 Å². The summed E-state index contributed by atoms with van der Waals surface area (Å²) in [6, 6.07) is 10.4. The Morgan fingerprint density at radius 2 is 0.931 bits per heavy atom. The summed E-state index contributed by atoms with van der Waals surface area (Å²) in [5.41, 5.74) is 1.20. The molecule has 1 rings (SSSR count). The molecule has 2 nitrogen and oxygen atoms in total. The molecule has 2 heteroatoms. The molecule has 168 valence electrons. The van der Waals surface area contributed by atoms with Crippen LogP contribution in [0.4, 0.5) is 0 Å². The van der Waals surface area contributed by atoms with Gasteiger partial charge in [-0.1, -0.05) is 121 Å². The van der Waals surface area contributed by atoms with Crippen molar-refractivity contribution in [2.45, 2.75) is 123 Å². The van der Waals surface area contributed by atoms with Crippen molar-refractivity contribution in [3.8, 4) is 0 Å². The average molecular weight is 404 g/mol. The van der Waals surface area contributed by atoms with E-state index in [0.29, 0.717) is 6.54 Å². The van der Waals surface area contributed by atoms with Crippen LogP contribution in [0.25, 0.3) is 0 Å². The summed E-state index contributed by atoms with van der Waals surface area (Å²) in [6.07, 6.45) is 20.8. The van der Waals surface area contributed by atoms with E-state index in [1.54, 1.807) is 0 Å². The van der Waals surface area contributed by atoms with Gasteiger partial charge in [0.05, 0.1) is 13.1 Å². The maximum Gasteiger partial charge on any atom is 0.104 e. The van der Waals surface area contributed by atoms with Gasteiger partial charge in [0.2, 0.25) is 0 Å². The lowest BCUT2D eigenvalue weighted by molar-refractivity contribution is -0.894. The van der Waals surface area contributed by atoms with Gasteiger partial charge in [0.1, 0.15) is 6.54 Å². The fraction of sp³-hybridized carbons (Fsp3) is 0.778. The van der Waals surface area contributed by atoms with Gasteiger partial charge in [0, 0.05) is 5.56 Å². The normalized spacial score (nSPS) is 11.8. The molecule has 0 bridgehead atoms. The molecule has 0 N–H and O–H groups in total. The monoisotopic (exact) mass is 403 g/mol. The molecule has 0 unspecified atom stereocenters. The van der Waals surface area contributed by atoms with E-state index in [0.717, 1.165) is 25.9 Å². The van der Waals surface area contributed by atoms with E-state index in [1.165, 1.54) is 95.5 Å². The highest BCUT2D eigenvalue weighted by Gasteiger charge is 2.17. The zero-order valence-electron chi connectivity index (χ0n) is 19.7. The summed E-state index contributed by atoms with van der Waals surface area (Å²) in [6.45, 7) is 6.77. The van der Waals surface area contributed by atoms with Gasteiger partial charge in [-0.3, -0.25) is 0 Å². The van der Waals surface area contributed by atoms with Crippen LogP contribution in [-0.2, 0) is 6.54 Å². The number of rotatable bonds is 20. The molecule has 0 aliphatic heterocycles. The Labute approximate surface area is 182 Å². The molecule has 0 saturated carbocycles. The molecule has 1 aromatic carbocycles. The van der Waals surface area contributed by atoms with E-state index in [-0.39, 0.29) is 4.65 Å². The summed E-state index contributed by atoms with van der Waals surface area (Å²) >= 11 is 0. The van der Waals surface area contributed by atoms with Crippen LogP contribution >= 0.6 is 0 Å². The van der Waals surface area contributed by atoms with Crippen LogP contribution in [0.1, 0.15) is 122 Å². The second kappa shape index (κ2) is 18.0. The lowest BCUT2D eigenvalue weighted by Crippen LogP contribution is -2.43. The molecule has 0 fully saturated rings. The standard InChI is InChI=1S/C27H49NO/c1-3-5-7-9-11-13-15-20-24-28(29,26-27-22-18-17-19-23-27)25-21-16-14-12-10-8-6-4-2/h17-19,22-23H,3-16,20-21,24-26H2,1-2H3. The fourth-order valence-electron chi connectivity index (χ4n) is 4.25. The minimum atomic E-state index is -0.0182. The van der Waals surface area contributed by atoms with Gasteiger partial charge in [-0.25, -0.2) is 0 Å². The number of hydrogen-bond acceptors (Lipinski definition) is 1. The fourth-order valence-corrected chi connectivity index (χ4v) is 4.25. The first-order valence-electron chi connectivity index (χ1n) is 12.8. The minimum Gasteiger partial charge on any atom is -0.633 e. The lowest BCUT2D eigenvalue weighted by atomic mass is 10.1. The number of hydroxylamine groups is 3. The Kier molecular flexibility index (Phi) is 16.2. The SMILES string of the molecule is CCCCCCCCCC[N+]([O-])(CCCCCCCCCC)Cc1ccccc1. The van der Waals surface area contributed by atoms with Crippen LogP contribution in [0.15, 0.2) is 30.3 Å². The van der Waals surface area contributed by atoms with Gasteiger partial charge in [0.15, 0.2) is 0 Å². The van der Waals surface area contributed by atoms with E-state index in [9.17, 15) is 5.21 Å². The quantitative estimate of drug-likeness (QED) is 0.121. The predicted molar refractivity (Wildman–Crippen MR) is 129 cm³/mol. The smallest absolute Gasteiger partial charge is 0.104 e. The second-order valence-corrected chi connectivity index (χ2v) is 9.10. The maximum absolute atomic E-state index is 13.6. The number of quaternary nitrogens is 1. The number of unbranched alkanes of at least 4 members (excludes halogenated alkanes) is 14. The summed E-state index contributed by atoms with van der Waals surface area (Å²) in [5.74, 6) is 0. The van der Waals surface area contributed by atoms with Crippen molar-refractivity contribution in [1.29, 1.82) is 0 Å². The largest absolute Gasteiger partial charge is 0.633 e. The summed E-state index contributed by atoms with van der Waals surface area (Å²) in [5, 5.41) is 13.6. The highest BCUT2D eigenvalue weighted by atomic mass is 16.5. The van der Waals surface area contributed by atoms with Crippen LogP contribution in [-0.4, -0.2) is 17.7 Å². The third-order valence-electron chi connectivity index (χ3n) is 6.15. The molecule has 0 saturated heterocycles. The highest BCUT2D eigenvalue weighted by Crippen LogP contribution is 2.19. The Hall–Kier alpha value is -0.860. The van der Waals surface area contributed by atoms with Crippen molar-refractivity contribution < 1.29 is 4.65 Å². The van der Waals surface area contributed by atoms with E-state index >= 15 is 0 Å². The predicted octanol–water partition coefficient (Wildman–Crippen LogP) is 8.78. The van der Waals surface area contributed by atoms with Gasteiger partial charge in [0.25, 0.3) is 0 Å². The molecule has 1 aromatic rings. The maximum atomic E-state index is 13.6. The van der Waals surface area contributed by atoms with Gasteiger partial charge in [-0.05, 0) is 25.7 Å². The van der Waals surface area contributed by atoms with Crippen molar-refractivity contribution in [2.24, 2.45) is 0 Å². The van der Waals surface area contributed by atoms with Crippen LogP contribution in [0, 0.1) is 5.21 Å². The molecular formula is C27H49NO. The molecule has 29 heavy (non-hydrogen) atoms. The molecule has 0 aromatic heterocycles. The number of nitrogens with zero attached hydrogens (tertiary/aromatic N) is 1. The molecule has 0 atom stereocenters. The first-order valence-corrected chi connectivity index (χ1v) is 12.8. The third kappa shape index (κ3) is 14.7. The topological polar surface area (TPSA) is 23.1 Å².